The number of carbonyl (C=O) groups is 1. The Kier molecular flexibility index (Phi) is 7.00. The number of nitrogens with zero attached hydrogens (tertiary/aromatic N) is 3. The van der Waals surface area contributed by atoms with Crippen LogP contribution in [0.4, 0.5) is 18.9 Å². The van der Waals surface area contributed by atoms with E-state index >= 15 is 0 Å². The van der Waals surface area contributed by atoms with E-state index < -0.39 is 34.3 Å². The van der Waals surface area contributed by atoms with Crippen molar-refractivity contribution in [1.29, 1.82) is 0 Å². The molecule has 12 heteroatoms. The van der Waals surface area contributed by atoms with E-state index in [0.29, 0.717) is 6.42 Å². The molecular formula is C19H19F3N4O5. The molecular weight excluding hydrogens is 421 g/mol. The molecule has 1 unspecified atom stereocenters. The number of ether oxygens (including phenoxy) is 2. The summed E-state index contributed by atoms with van der Waals surface area (Å²) in [5, 5.41) is 15.0. The van der Waals surface area contributed by atoms with Crippen LogP contribution in [0.15, 0.2) is 30.6 Å². The molecule has 1 aromatic carbocycles. The number of hydrogen-bond acceptors (Lipinski definition) is 8. The van der Waals surface area contributed by atoms with E-state index in [0.717, 1.165) is 56.5 Å². The molecule has 1 aliphatic heterocycles. The van der Waals surface area contributed by atoms with Crippen LogP contribution in [0, 0.1) is 16.0 Å². The minimum atomic E-state index is -4.53. The summed E-state index contributed by atoms with van der Waals surface area (Å²) in [6.07, 6.45) is -2.54. The van der Waals surface area contributed by atoms with Crippen LogP contribution in [0.25, 0.3) is 0 Å². The Bertz CT molecular complexity index is 918. The van der Waals surface area contributed by atoms with Crippen LogP contribution in [-0.4, -0.2) is 34.5 Å². The van der Waals surface area contributed by atoms with Crippen LogP contribution in [-0.2, 0) is 15.7 Å². The fourth-order valence-electron chi connectivity index (χ4n) is 3.40. The summed E-state index contributed by atoms with van der Waals surface area (Å²) in [6, 6.07) is 3.64. The van der Waals surface area contributed by atoms with Gasteiger partial charge in [-0.3, -0.25) is 14.9 Å². The highest BCUT2D eigenvalue weighted by atomic mass is 19.4. The maximum atomic E-state index is 12.7. The van der Waals surface area contributed by atoms with Crippen molar-refractivity contribution in [3.05, 3.63) is 52.0 Å². The molecule has 166 valence electrons. The number of nitro groups is 1. The minimum Gasteiger partial charge on any atom is -0.458 e. The fourth-order valence-corrected chi connectivity index (χ4v) is 3.40. The number of aromatic nitrogens is 2. The molecule has 0 spiro atoms. The van der Waals surface area contributed by atoms with Gasteiger partial charge in [-0.25, -0.2) is 4.98 Å². The molecule has 1 aliphatic rings. The van der Waals surface area contributed by atoms with Gasteiger partial charge in [0.05, 0.1) is 10.5 Å². The number of benzene rings is 1. The van der Waals surface area contributed by atoms with Crippen molar-refractivity contribution >= 4 is 12.2 Å². The van der Waals surface area contributed by atoms with E-state index in [2.05, 4.69) is 15.3 Å². The smallest absolute Gasteiger partial charge is 0.416 e. The average Bonchev–Trinajstić information content (AvgIpc) is 2.73. The lowest BCUT2D eigenvalue weighted by Crippen LogP contribution is -2.29. The SMILES string of the molecule is O=COC(CC1CCNCC1)c1ncnc(Oc2ccc(C(F)(F)F)cc2)c1[N+](=O)[O-]. The van der Waals surface area contributed by atoms with E-state index in [1.165, 1.54) is 0 Å². The third kappa shape index (κ3) is 5.66. The Labute approximate surface area is 174 Å². The summed E-state index contributed by atoms with van der Waals surface area (Å²) in [4.78, 5) is 29.7. The molecule has 9 nitrogen and oxygen atoms in total. The van der Waals surface area contributed by atoms with Crippen molar-refractivity contribution in [3.63, 3.8) is 0 Å². The molecule has 3 rings (SSSR count). The van der Waals surface area contributed by atoms with E-state index in [-0.39, 0.29) is 23.8 Å². The standard InChI is InChI=1S/C19H19F3N4O5/c20-19(21,22)13-1-3-14(4-2-13)31-18-17(26(28)29)16(24-10-25-18)15(30-11-27)9-12-5-7-23-8-6-12/h1-4,10-12,15,23H,5-9H2. The lowest BCUT2D eigenvalue weighted by molar-refractivity contribution is -0.387. The largest absolute Gasteiger partial charge is 0.458 e. The zero-order valence-corrected chi connectivity index (χ0v) is 16.2. The zero-order valence-electron chi connectivity index (χ0n) is 16.2. The summed E-state index contributed by atoms with van der Waals surface area (Å²) in [5.74, 6) is -0.369. The number of hydrogen-bond donors (Lipinski definition) is 1. The predicted molar refractivity (Wildman–Crippen MR) is 100 cm³/mol. The first kappa shape index (κ1) is 22.4. The van der Waals surface area contributed by atoms with Crippen molar-refractivity contribution in [2.45, 2.75) is 31.5 Å². The first-order valence-corrected chi connectivity index (χ1v) is 9.43. The van der Waals surface area contributed by atoms with Crippen molar-refractivity contribution in [2.75, 3.05) is 13.1 Å². The minimum absolute atomic E-state index is 0.0769. The second-order valence-electron chi connectivity index (χ2n) is 6.94. The quantitative estimate of drug-likeness (QED) is 0.374. The van der Waals surface area contributed by atoms with Gasteiger partial charge in [0.2, 0.25) is 0 Å². The topological polar surface area (TPSA) is 116 Å². The molecule has 1 N–H and O–H groups in total. The molecule has 1 atom stereocenters. The first-order valence-electron chi connectivity index (χ1n) is 9.43. The maximum absolute atomic E-state index is 12.7. The average molecular weight is 440 g/mol. The summed E-state index contributed by atoms with van der Waals surface area (Å²) in [5.41, 5.74) is -1.63. The Hall–Kier alpha value is -3.28. The molecule has 0 amide bonds. The molecule has 0 radical (unpaired) electrons. The van der Waals surface area contributed by atoms with Crippen molar-refractivity contribution in [2.24, 2.45) is 5.92 Å². The maximum Gasteiger partial charge on any atom is 0.416 e. The molecule has 0 bridgehead atoms. The molecule has 1 aromatic heterocycles. The van der Waals surface area contributed by atoms with E-state index in [1.807, 2.05) is 0 Å². The van der Waals surface area contributed by atoms with Gasteiger partial charge in [-0.05, 0) is 62.5 Å². The molecule has 1 fully saturated rings. The number of rotatable bonds is 8. The lowest BCUT2D eigenvalue weighted by Gasteiger charge is -2.25. The van der Waals surface area contributed by atoms with Gasteiger partial charge in [0.1, 0.15) is 12.1 Å². The van der Waals surface area contributed by atoms with Gasteiger partial charge in [0.25, 0.3) is 6.47 Å². The normalized spacial score (nSPS) is 15.8. The molecule has 0 aliphatic carbocycles. The number of halogens is 3. The van der Waals surface area contributed by atoms with Gasteiger partial charge in [-0.2, -0.15) is 18.2 Å². The highest BCUT2D eigenvalue weighted by Crippen LogP contribution is 2.39. The van der Waals surface area contributed by atoms with Crippen molar-refractivity contribution in [1.82, 2.24) is 15.3 Å². The summed E-state index contributed by atoms with van der Waals surface area (Å²) < 4.78 is 48.7. The number of alkyl halides is 3. The van der Waals surface area contributed by atoms with Gasteiger partial charge in [-0.1, -0.05) is 0 Å². The van der Waals surface area contributed by atoms with Crippen LogP contribution in [0.1, 0.15) is 36.6 Å². The van der Waals surface area contributed by atoms with Crippen LogP contribution in [0.2, 0.25) is 0 Å². The number of piperidine rings is 1. The summed E-state index contributed by atoms with van der Waals surface area (Å²) in [7, 11) is 0. The van der Waals surface area contributed by atoms with Gasteiger partial charge in [0, 0.05) is 0 Å². The van der Waals surface area contributed by atoms with Gasteiger partial charge >= 0.3 is 17.7 Å². The van der Waals surface area contributed by atoms with Gasteiger partial charge < -0.3 is 14.8 Å². The zero-order chi connectivity index (χ0) is 22.4. The second-order valence-corrected chi connectivity index (χ2v) is 6.94. The van der Waals surface area contributed by atoms with Crippen LogP contribution >= 0.6 is 0 Å². The number of carbonyl (C=O) groups excluding carboxylic acids is 1. The van der Waals surface area contributed by atoms with Crippen LogP contribution < -0.4 is 10.1 Å². The Balaban J connectivity index is 1.90. The second kappa shape index (κ2) is 9.69. The highest BCUT2D eigenvalue weighted by Gasteiger charge is 2.34. The first-order chi connectivity index (χ1) is 14.8. The summed E-state index contributed by atoms with van der Waals surface area (Å²) >= 11 is 0. The molecule has 1 saturated heterocycles. The molecule has 2 aromatic rings. The van der Waals surface area contributed by atoms with E-state index in [1.54, 1.807) is 0 Å². The summed E-state index contributed by atoms with van der Waals surface area (Å²) in [6.45, 7) is 1.77. The Morgan fingerprint density at radius 3 is 2.48 bits per heavy atom. The van der Waals surface area contributed by atoms with E-state index in [9.17, 15) is 28.1 Å². The fraction of sp³-hybridized carbons (Fsp3) is 0.421. The van der Waals surface area contributed by atoms with E-state index in [4.69, 9.17) is 9.47 Å². The van der Waals surface area contributed by atoms with Crippen molar-refractivity contribution < 1.29 is 32.4 Å². The Morgan fingerprint density at radius 1 is 1.23 bits per heavy atom. The van der Waals surface area contributed by atoms with Crippen LogP contribution in [0.5, 0.6) is 11.6 Å². The predicted octanol–water partition coefficient (Wildman–Crippen LogP) is 3.80. The van der Waals surface area contributed by atoms with Gasteiger partial charge in [0.15, 0.2) is 11.8 Å². The van der Waals surface area contributed by atoms with Crippen LogP contribution in [0.3, 0.4) is 0 Å². The van der Waals surface area contributed by atoms with Crippen molar-refractivity contribution in [3.8, 4) is 11.6 Å². The highest BCUT2D eigenvalue weighted by molar-refractivity contribution is 5.49. The number of nitrogens with one attached hydrogen (secondary N) is 1. The lowest BCUT2D eigenvalue weighted by atomic mass is 9.90. The third-order valence-corrected chi connectivity index (χ3v) is 4.93. The monoisotopic (exact) mass is 440 g/mol. The Morgan fingerprint density at radius 2 is 1.90 bits per heavy atom. The third-order valence-electron chi connectivity index (χ3n) is 4.93. The molecule has 2 heterocycles. The molecule has 0 saturated carbocycles. The molecule has 31 heavy (non-hydrogen) atoms. The van der Waals surface area contributed by atoms with Gasteiger partial charge in [-0.15, -0.1) is 0 Å².